The molecule has 4 heteroatoms. The second-order valence-corrected chi connectivity index (χ2v) is 6.35. The van der Waals surface area contributed by atoms with E-state index in [1.165, 1.54) is 12.8 Å². The molecule has 1 fully saturated rings. The van der Waals surface area contributed by atoms with E-state index in [2.05, 4.69) is 11.5 Å². The number of fused-ring (bicyclic) bond motifs is 4. The van der Waals surface area contributed by atoms with Gasteiger partial charge in [-0.1, -0.05) is 31.1 Å². The van der Waals surface area contributed by atoms with Crippen molar-refractivity contribution in [1.82, 2.24) is 4.65 Å². The van der Waals surface area contributed by atoms with Crippen molar-refractivity contribution < 1.29 is 0 Å². The van der Waals surface area contributed by atoms with E-state index in [1.54, 1.807) is 0 Å². The van der Waals surface area contributed by atoms with Crippen LogP contribution in [0.5, 0.6) is 0 Å². The minimum Gasteiger partial charge on any atom is -0.619 e. The first kappa shape index (κ1) is 13.0. The van der Waals surface area contributed by atoms with Gasteiger partial charge in [0.05, 0.1) is 12.6 Å². The van der Waals surface area contributed by atoms with Crippen LogP contribution in [0.1, 0.15) is 25.7 Å². The summed E-state index contributed by atoms with van der Waals surface area (Å²) in [4.78, 5) is 6.96. The molecule has 0 amide bonds. The lowest BCUT2D eigenvalue weighted by atomic mass is 9.83. The predicted molar refractivity (Wildman–Crippen MR) is 87.2 cm³/mol. The number of hydrogen-bond donors (Lipinski definition) is 0. The molecule has 3 atom stereocenters. The molecule has 110 valence electrons. The van der Waals surface area contributed by atoms with Crippen LogP contribution in [-0.2, 0) is 0 Å². The van der Waals surface area contributed by atoms with Gasteiger partial charge in [0.25, 0.3) is 0 Å². The number of hydroxylamine groups is 2. The Morgan fingerprint density at radius 3 is 3.00 bits per heavy atom. The maximum absolute atomic E-state index is 13.6. The molecule has 0 saturated heterocycles. The number of nitrogens with zero attached hydrogens (tertiary/aromatic N) is 3. The molecule has 2 aliphatic heterocycles. The van der Waals surface area contributed by atoms with Crippen molar-refractivity contribution in [2.75, 3.05) is 18.0 Å². The van der Waals surface area contributed by atoms with Gasteiger partial charge < -0.3 is 5.21 Å². The number of quaternary nitrogens is 1. The van der Waals surface area contributed by atoms with E-state index in [1.807, 2.05) is 30.3 Å². The van der Waals surface area contributed by atoms with Crippen LogP contribution < -0.4 is 9.55 Å². The fourth-order valence-electron chi connectivity index (χ4n) is 4.11. The van der Waals surface area contributed by atoms with Crippen molar-refractivity contribution in [1.29, 1.82) is 0 Å². The summed E-state index contributed by atoms with van der Waals surface area (Å²) in [6.07, 6.45) is 6.61. The number of anilines is 1. The Kier molecular flexibility index (Phi) is 2.91. The van der Waals surface area contributed by atoms with Crippen molar-refractivity contribution in [3.05, 3.63) is 42.1 Å². The lowest BCUT2D eigenvalue weighted by molar-refractivity contribution is 0.251. The van der Waals surface area contributed by atoms with Crippen molar-refractivity contribution in [2.24, 2.45) is 10.9 Å². The van der Waals surface area contributed by atoms with E-state index in [0.29, 0.717) is 31.0 Å². The fourth-order valence-corrected chi connectivity index (χ4v) is 4.11. The molecule has 2 heterocycles. The van der Waals surface area contributed by atoms with Crippen LogP contribution in [0.2, 0.25) is 0 Å². The molecule has 0 N–H and O–H groups in total. The van der Waals surface area contributed by atoms with Gasteiger partial charge in [0.1, 0.15) is 5.69 Å². The molecule has 1 aromatic carbocycles. The summed E-state index contributed by atoms with van der Waals surface area (Å²) in [7, 11) is 0. The molecule has 1 saturated carbocycles. The molecular formula is C17H21N3O. The highest BCUT2D eigenvalue weighted by atomic mass is 16.6. The molecule has 4 nitrogen and oxygen atoms in total. The third-order valence-electron chi connectivity index (χ3n) is 5.08. The van der Waals surface area contributed by atoms with E-state index in [9.17, 15) is 5.21 Å². The highest BCUT2D eigenvalue weighted by Crippen LogP contribution is 2.46. The maximum Gasteiger partial charge on any atom is 0.310 e. The standard InChI is InChI=1S/C17H21N3O/c1-2-11-19-15-9-5-6-10-16(15)20(21)12-13-7-3-4-8-14(13)18-17(19)20/h2,5-6,9-10,13-14H,1,3-4,7-8,11-12H2. The summed E-state index contributed by atoms with van der Waals surface area (Å²) in [5.74, 6) is 1.12. The Bertz CT molecular complexity index is 612. The number of para-hydroxylation sites is 2. The van der Waals surface area contributed by atoms with Crippen molar-refractivity contribution in [3.8, 4) is 0 Å². The summed E-state index contributed by atoms with van der Waals surface area (Å²) in [6, 6.07) is 8.28. The Hall–Kier alpha value is -1.65. The molecule has 1 aliphatic carbocycles. The largest absolute Gasteiger partial charge is 0.619 e. The molecule has 0 bridgehead atoms. The first-order chi connectivity index (χ1) is 10.2. The lowest BCUT2D eigenvalue weighted by Gasteiger charge is -2.46. The summed E-state index contributed by atoms with van der Waals surface area (Å²) in [5.41, 5.74) is 1.85. The zero-order chi connectivity index (χ0) is 14.4. The average Bonchev–Trinajstić information content (AvgIpc) is 2.75. The maximum atomic E-state index is 13.6. The molecule has 21 heavy (non-hydrogen) atoms. The van der Waals surface area contributed by atoms with Gasteiger partial charge in [0.2, 0.25) is 0 Å². The zero-order valence-corrected chi connectivity index (χ0v) is 12.2. The normalized spacial score (nSPS) is 33.8. The first-order valence-electron chi connectivity index (χ1n) is 7.89. The third kappa shape index (κ3) is 1.79. The van der Waals surface area contributed by atoms with Gasteiger partial charge in [-0.15, -0.1) is 6.58 Å². The summed E-state index contributed by atoms with van der Waals surface area (Å²) < 4.78 is -0.370. The van der Waals surface area contributed by atoms with Crippen LogP contribution in [0.25, 0.3) is 0 Å². The Morgan fingerprint density at radius 2 is 2.14 bits per heavy atom. The quantitative estimate of drug-likeness (QED) is 0.474. The highest BCUT2D eigenvalue weighted by Gasteiger charge is 2.49. The number of hydrogen-bond acceptors (Lipinski definition) is 3. The molecule has 3 unspecified atom stereocenters. The van der Waals surface area contributed by atoms with Crippen LogP contribution in [0.15, 0.2) is 41.9 Å². The van der Waals surface area contributed by atoms with Crippen LogP contribution >= 0.6 is 0 Å². The molecule has 0 spiro atoms. The van der Waals surface area contributed by atoms with Crippen molar-refractivity contribution >= 4 is 17.3 Å². The second-order valence-electron chi connectivity index (χ2n) is 6.35. The molecule has 4 rings (SSSR count). The van der Waals surface area contributed by atoms with E-state index in [-0.39, 0.29) is 4.65 Å². The van der Waals surface area contributed by atoms with Gasteiger partial charge in [0.15, 0.2) is 5.69 Å². The van der Waals surface area contributed by atoms with Gasteiger partial charge in [0, 0.05) is 18.5 Å². The summed E-state index contributed by atoms with van der Waals surface area (Å²) in [5, 5.41) is 13.6. The minimum atomic E-state index is -0.370. The molecule has 0 aromatic heterocycles. The van der Waals surface area contributed by atoms with E-state index < -0.39 is 0 Å². The lowest BCUT2D eigenvalue weighted by Crippen LogP contribution is -2.59. The number of aliphatic imine (C=N–C) groups is 1. The number of rotatable bonds is 2. The monoisotopic (exact) mass is 283 g/mol. The van der Waals surface area contributed by atoms with Crippen LogP contribution in [0.3, 0.4) is 0 Å². The van der Waals surface area contributed by atoms with Gasteiger partial charge >= 0.3 is 5.96 Å². The zero-order valence-electron chi connectivity index (χ0n) is 12.2. The molecule has 1 aromatic rings. The Morgan fingerprint density at radius 1 is 1.33 bits per heavy atom. The second kappa shape index (κ2) is 4.68. The van der Waals surface area contributed by atoms with E-state index >= 15 is 0 Å². The third-order valence-corrected chi connectivity index (χ3v) is 5.08. The van der Waals surface area contributed by atoms with Gasteiger partial charge in [-0.2, -0.15) is 0 Å². The van der Waals surface area contributed by atoms with E-state index in [0.717, 1.165) is 24.2 Å². The summed E-state index contributed by atoms with van der Waals surface area (Å²) >= 11 is 0. The van der Waals surface area contributed by atoms with Crippen molar-refractivity contribution in [2.45, 2.75) is 31.7 Å². The molecule has 0 radical (unpaired) electrons. The van der Waals surface area contributed by atoms with Gasteiger partial charge in [-0.05, 0) is 18.9 Å². The molecule has 3 aliphatic rings. The SMILES string of the molecule is C=CCN1C2=NC3CCCCC3C[N+]2([O-])c2ccccc21. The topological polar surface area (TPSA) is 38.7 Å². The summed E-state index contributed by atoms with van der Waals surface area (Å²) in [6.45, 7) is 5.13. The van der Waals surface area contributed by atoms with Crippen LogP contribution in [0, 0.1) is 11.1 Å². The fraction of sp³-hybridized carbons (Fsp3) is 0.471. The first-order valence-corrected chi connectivity index (χ1v) is 7.89. The van der Waals surface area contributed by atoms with Crippen LogP contribution in [-0.4, -0.2) is 25.1 Å². The smallest absolute Gasteiger partial charge is 0.310 e. The average molecular weight is 283 g/mol. The Labute approximate surface area is 125 Å². The van der Waals surface area contributed by atoms with Gasteiger partial charge in [-0.3, -0.25) is 9.55 Å². The minimum absolute atomic E-state index is 0.343. The van der Waals surface area contributed by atoms with Crippen LogP contribution in [0.4, 0.5) is 11.4 Å². The highest BCUT2D eigenvalue weighted by molar-refractivity contribution is 6.13. The Balaban J connectivity index is 1.85. The van der Waals surface area contributed by atoms with Gasteiger partial charge in [-0.25, -0.2) is 4.99 Å². The molecular weight excluding hydrogens is 262 g/mol. The van der Waals surface area contributed by atoms with E-state index in [4.69, 9.17) is 4.99 Å². The van der Waals surface area contributed by atoms with Crippen molar-refractivity contribution in [3.63, 3.8) is 0 Å². The number of guanidine groups is 1. The number of benzene rings is 1. The predicted octanol–water partition coefficient (Wildman–Crippen LogP) is 3.43.